The van der Waals surface area contributed by atoms with Crippen molar-refractivity contribution in [2.75, 3.05) is 18.5 Å². The third-order valence-electron chi connectivity index (χ3n) is 2.87. The van der Waals surface area contributed by atoms with E-state index in [2.05, 4.69) is 51.5 Å². The predicted octanol–water partition coefficient (Wildman–Crippen LogP) is 4.98. The lowest BCUT2D eigenvalue weighted by molar-refractivity contribution is 0.883. The van der Waals surface area contributed by atoms with Crippen LogP contribution in [0.4, 0.5) is 5.69 Å². The molecule has 0 saturated carbocycles. The van der Waals surface area contributed by atoms with Crippen molar-refractivity contribution in [3.05, 3.63) is 51.2 Å². The number of likely N-dealkylation sites (N-methyl/N-ethyl adjacent to an activating group) is 1. The Morgan fingerprint density at radius 2 is 2.17 bits per heavy atom. The first-order valence-electron chi connectivity index (χ1n) is 5.78. The fourth-order valence-corrected chi connectivity index (χ4v) is 3.23. The maximum absolute atomic E-state index is 6.02. The zero-order valence-corrected chi connectivity index (χ0v) is 13.4. The van der Waals surface area contributed by atoms with Crippen LogP contribution in [0.15, 0.2) is 35.7 Å². The van der Waals surface area contributed by atoms with Gasteiger partial charge in [-0.25, -0.2) is 0 Å². The Balaban J connectivity index is 2.06. The summed E-state index contributed by atoms with van der Waals surface area (Å²) in [6, 6.07) is 10.4. The minimum absolute atomic E-state index is 0.792. The van der Waals surface area contributed by atoms with E-state index in [1.165, 1.54) is 16.1 Å². The molecule has 1 aromatic carbocycles. The lowest BCUT2D eigenvalue weighted by Gasteiger charge is -2.22. The maximum Gasteiger partial charge on any atom is 0.0410 e. The van der Waals surface area contributed by atoms with Crippen molar-refractivity contribution in [3.8, 4) is 0 Å². The highest BCUT2D eigenvalue weighted by atomic mass is 79.9. The number of anilines is 1. The first kappa shape index (κ1) is 13.9. The van der Waals surface area contributed by atoms with Crippen LogP contribution in [-0.4, -0.2) is 13.6 Å². The summed E-state index contributed by atoms with van der Waals surface area (Å²) >= 11 is 11.4. The SMILES string of the molecule is CN(CCc1cccs1)c1ccc(Cl)cc1CBr. The molecule has 0 saturated heterocycles. The molecule has 0 unspecified atom stereocenters. The van der Waals surface area contributed by atoms with Gasteiger partial charge in [0.1, 0.15) is 0 Å². The number of halogens is 2. The molecule has 0 aliphatic carbocycles. The Bertz CT molecular complexity index is 499. The molecule has 0 bridgehead atoms. The summed E-state index contributed by atoms with van der Waals surface area (Å²) in [5.41, 5.74) is 2.48. The number of benzene rings is 1. The minimum atomic E-state index is 0.792. The largest absolute Gasteiger partial charge is 0.374 e. The van der Waals surface area contributed by atoms with Gasteiger partial charge in [-0.3, -0.25) is 0 Å². The number of thiophene rings is 1. The molecule has 0 radical (unpaired) electrons. The van der Waals surface area contributed by atoms with E-state index in [1.54, 1.807) is 0 Å². The van der Waals surface area contributed by atoms with Crippen molar-refractivity contribution in [1.82, 2.24) is 0 Å². The number of hydrogen-bond donors (Lipinski definition) is 0. The molecular weight excluding hydrogens is 330 g/mol. The number of nitrogens with zero attached hydrogens (tertiary/aromatic N) is 1. The molecule has 2 rings (SSSR count). The van der Waals surface area contributed by atoms with Gasteiger partial charge >= 0.3 is 0 Å². The van der Waals surface area contributed by atoms with Gasteiger partial charge in [0.05, 0.1) is 0 Å². The van der Waals surface area contributed by atoms with Crippen LogP contribution in [0.25, 0.3) is 0 Å². The Morgan fingerprint density at radius 1 is 1.33 bits per heavy atom. The van der Waals surface area contributed by atoms with Gasteiger partial charge < -0.3 is 4.90 Å². The fraction of sp³-hybridized carbons (Fsp3) is 0.286. The van der Waals surface area contributed by atoms with E-state index >= 15 is 0 Å². The second kappa shape index (κ2) is 6.60. The lowest BCUT2D eigenvalue weighted by Crippen LogP contribution is -2.21. The van der Waals surface area contributed by atoms with Gasteiger partial charge in [0.2, 0.25) is 0 Å². The standard InChI is InChI=1S/C14H15BrClNS/c1-17(7-6-13-3-2-8-18-13)14-5-4-12(16)9-11(14)10-15/h2-5,8-9H,6-7,10H2,1H3. The number of alkyl halides is 1. The molecule has 0 spiro atoms. The lowest BCUT2D eigenvalue weighted by atomic mass is 10.2. The zero-order valence-electron chi connectivity index (χ0n) is 10.2. The molecule has 2 aromatic rings. The van der Waals surface area contributed by atoms with Crippen molar-refractivity contribution in [3.63, 3.8) is 0 Å². The van der Waals surface area contributed by atoms with Gasteiger partial charge in [0, 0.05) is 34.5 Å². The van der Waals surface area contributed by atoms with Crippen molar-refractivity contribution in [2.24, 2.45) is 0 Å². The molecule has 1 nitrogen and oxygen atoms in total. The van der Waals surface area contributed by atoms with E-state index in [9.17, 15) is 0 Å². The summed E-state index contributed by atoms with van der Waals surface area (Å²) in [6.07, 6.45) is 1.08. The van der Waals surface area contributed by atoms with E-state index < -0.39 is 0 Å². The molecule has 96 valence electrons. The quantitative estimate of drug-likeness (QED) is 0.692. The highest BCUT2D eigenvalue weighted by molar-refractivity contribution is 9.08. The van der Waals surface area contributed by atoms with Crippen molar-refractivity contribution >= 4 is 44.6 Å². The Labute approximate surface area is 126 Å². The summed E-state index contributed by atoms with van der Waals surface area (Å²) in [6.45, 7) is 1.02. The molecule has 0 atom stereocenters. The van der Waals surface area contributed by atoms with Crippen LogP contribution in [0.1, 0.15) is 10.4 Å². The molecule has 4 heteroatoms. The van der Waals surface area contributed by atoms with E-state index in [-0.39, 0.29) is 0 Å². The molecule has 1 aromatic heterocycles. The van der Waals surface area contributed by atoms with Crippen molar-refractivity contribution in [1.29, 1.82) is 0 Å². The summed E-state index contributed by atoms with van der Waals surface area (Å²) < 4.78 is 0. The third-order valence-corrected chi connectivity index (χ3v) is 4.65. The average Bonchev–Trinajstić information content (AvgIpc) is 2.88. The molecule has 0 N–H and O–H groups in total. The zero-order chi connectivity index (χ0) is 13.0. The van der Waals surface area contributed by atoms with Crippen LogP contribution < -0.4 is 4.90 Å². The monoisotopic (exact) mass is 343 g/mol. The first-order chi connectivity index (χ1) is 8.70. The van der Waals surface area contributed by atoms with E-state index in [0.717, 1.165) is 23.3 Å². The first-order valence-corrected chi connectivity index (χ1v) is 8.16. The molecule has 0 fully saturated rings. The molecule has 0 aliphatic heterocycles. The molecular formula is C14H15BrClNS. The van der Waals surface area contributed by atoms with E-state index in [1.807, 2.05) is 23.5 Å². The van der Waals surface area contributed by atoms with Gasteiger partial charge in [-0.1, -0.05) is 33.6 Å². The van der Waals surface area contributed by atoms with Gasteiger partial charge in [-0.2, -0.15) is 0 Å². The summed E-state index contributed by atoms with van der Waals surface area (Å²) in [5.74, 6) is 0. The molecule has 0 aliphatic rings. The predicted molar refractivity (Wildman–Crippen MR) is 85.4 cm³/mol. The second-order valence-electron chi connectivity index (χ2n) is 4.16. The Kier molecular flexibility index (Phi) is 5.10. The fourth-order valence-electron chi connectivity index (χ4n) is 1.89. The van der Waals surface area contributed by atoms with Crippen molar-refractivity contribution in [2.45, 2.75) is 11.8 Å². The summed E-state index contributed by atoms with van der Waals surface area (Å²) in [7, 11) is 2.13. The van der Waals surface area contributed by atoms with Gasteiger partial charge in [0.25, 0.3) is 0 Å². The van der Waals surface area contributed by atoms with Crippen LogP contribution in [0, 0.1) is 0 Å². The highest BCUT2D eigenvalue weighted by Crippen LogP contribution is 2.26. The molecule has 1 heterocycles. The summed E-state index contributed by atoms with van der Waals surface area (Å²) in [4.78, 5) is 3.71. The number of hydrogen-bond acceptors (Lipinski definition) is 2. The molecule has 18 heavy (non-hydrogen) atoms. The van der Waals surface area contributed by atoms with Gasteiger partial charge in [-0.05, 0) is 41.6 Å². The normalized spacial score (nSPS) is 10.6. The van der Waals surface area contributed by atoms with Crippen molar-refractivity contribution < 1.29 is 0 Å². The topological polar surface area (TPSA) is 3.24 Å². The number of rotatable bonds is 5. The van der Waals surface area contributed by atoms with Crippen LogP contribution in [0.2, 0.25) is 5.02 Å². The van der Waals surface area contributed by atoms with E-state index in [0.29, 0.717) is 0 Å². The highest BCUT2D eigenvalue weighted by Gasteiger charge is 2.07. The third kappa shape index (κ3) is 3.50. The van der Waals surface area contributed by atoms with Crippen LogP contribution in [-0.2, 0) is 11.8 Å². The Hall–Kier alpha value is -0.510. The minimum Gasteiger partial charge on any atom is -0.374 e. The van der Waals surface area contributed by atoms with Crippen LogP contribution in [0.3, 0.4) is 0 Å². The van der Waals surface area contributed by atoms with Crippen LogP contribution >= 0.6 is 38.9 Å². The Morgan fingerprint density at radius 3 is 2.83 bits per heavy atom. The maximum atomic E-state index is 6.02. The van der Waals surface area contributed by atoms with E-state index in [4.69, 9.17) is 11.6 Å². The van der Waals surface area contributed by atoms with Crippen LogP contribution in [0.5, 0.6) is 0 Å². The van der Waals surface area contributed by atoms with Gasteiger partial charge in [0.15, 0.2) is 0 Å². The van der Waals surface area contributed by atoms with Gasteiger partial charge in [-0.15, -0.1) is 11.3 Å². The smallest absolute Gasteiger partial charge is 0.0410 e. The second-order valence-corrected chi connectivity index (χ2v) is 6.19. The molecule has 0 amide bonds. The average molecular weight is 345 g/mol. The summed E-state index contributed by atoms with van der Waals surface area (Å²) in [5, 5.41) is 3.74.